The van der Waals surface area contributed by atoms with Gasteiger partial charge in [0, 0.05) is 50.4 Å². The highest BCUT2D eigenvalue weighted by atomic mass is 35.5. The van der Waals surface area contributed by atoms with Gasteiger partial charge in [-0.05, 0) is 115 Å². The zero-order chi connectivity index (χ0) is 49.1. The number of benzene rings is 4. The average molecular weight is 956 g/mol. The maximum atomic E-state index is 13.5. The van der Waals surface area contributed by atoms with Crippen LogP contribution in [-0.2, 0) is 4.74 Å². The van der Waals surface area contributed by atoms with E-state index in [0.29, 0.717) is 54.6 Å². The largest absolute Gasteiger partial charge is 0.444 e. The fourth-order valence-electron chi connectivity index (χ4n) is 7.81. The number of rotatable bonds is 8. The monoisotopic (exact) mass is 954 g/mol. The summed E-state index contributed by atoms with van der Waals surface area (Å²) in [6, 6.07) is 38.6. The van der Waals surface area contributed by atoms with Gasteiger partial charge in [0.1, 0.15) is 5.60 Å². The first-order valence-electron chi connectivity index (χ1n) is 22.2. The van der Waals surface area contributed by atoms with Gasteiger partial charge < -0.3 is 24.8 Å². The van der Waals surface area contributed by atoms with E-state index < -0.39 is 11.7 Å². The number of nitriles is 2. The molecule has 16 heteroatoms. The molecule has 1 N–H and O–H groups in total. The van der Waals surface area contributed by atoms with E-state index in [0.717, 1.165) is 58.0 Å². The number of halogens is 2. The normalized spacial score (nSPS) is 15.3. The van der Waals surface area contributed by atoms with Crippen molar-refractivity contribution in [1.82, 2.24) is 39.6 Å². The molecule has 6 aromatic rings. The highest BCUT2D eigenvalue weighted by Gasteiger charge is 2.35. The van der Waals surface area contributed by atoms with Gasteiger partial charge in [-0.15, -0.1) is 23.2 Å². The van der Waals surface area contributed by atoms with Crippen molar-refractivity contribution in [3.05, 3.63) is 143 Å². The Morgan fingerprint density at radius 2 is 1.12 bits per heavy atom. The number of nitrogens with zero attached hydrogens (tertiary/aromatic N) is 9. The lowest BCUT2D eigenvalue weighted by Crippen LogP contribution is -2.42. The second-order valence-corrected chi connectivity index (χ2v) is 18.4. The van der Waals surface area contributed by atoms with Crippen LogP contribution in [0.15, 0.2) is 109 Å². The molecule has 2 aromatic heterocycles. The van der Waals surface area contributed by atoms with Gasteiger partial charge in [0.2, 0.25) is 0 Å². The molecule has 0 bridgehead atoms. The van der Waals surface area contributed by atoms with E-state index in [1.54, 1.807) is 56.5 Å². The molecule has 0 unspecified atom stereocenters. The number of carbonyl (C=O) groups is 3. The van der Waals surface area contributed by atoms with E-state index in [9.17, 15) is 14.4 Å². The van der Waals surface area contributed by atoms with E-state index in [4.69, 9.17) is 38.5 Å². The van der Waals surface area contributed by atoms with E-state index in [2.05, 4.69) is 27.7 Å². The van der Waals surface area contributed by atoms with Crippen LogP contribution in [0.1, 0.15) is 76.8 Å². The van der Waals surface area contributed by atoms with Crippen molar-refractivity contribution in [2.75, 3.05) is 45.6 Å². The number of amides is 3. The van der Waals surface area contributed by atoms with E-state index in [-0.39, 0.29) is 23.2 Å². The number of alkyl halides is 2. The molecule has 352 valence electrons. The molecule has 8 rings (SSSR count). The third-order valence-corrected chi connectivity index (χ3v) is 11.6. The van der Waals surface area contributed by atoms with Gasteiger partial charge in [0.25, 0.3) is 11.8 Å². The number of aromatic nitrogens is 4. The minimum Gasteiger partial charge on any atom is -0.444 e. The Morgan fingerprint density at radius 1 is 0.706 bits per heavy atom. The Bertz CT molecular complexity index is 2770. The number of nitrogens with one attached hydrogen (secondary N) is 1. The van der Waals surface area contributed by atoms with Crippen molar-refractivity contribution in [2.45, 2.75) is 65.1 Å². The highest BCUT2D eigenvalue weighted by Crippen LogP contribution is 2.29. The summed E-state index contributed by atoms with van der Waals surface area (Å²) >= 11 is 9.53. The summed E-state index contributed by atoms with van der Waals surface area (Å²) in [6.07, 6.45) is 1.22. The molecule has 4 aromatic carbocycles. The van der Waals surface area contributed by atoms with Crippen molar-refractivity contribution in [3.8, 4) is 46.0 Å². The minimum atomic E-state index is -0.579. The van der Waals surface area contributed by atoms with Crippen LogP contribution in [0, 0.1) is 36.5 Å². The van der Waals surface area contributed by atoms with Crippen molar-refractivity contribution in [1.29, 1.82) is 10.5 Å². The molecule has 0 aliphatic carbocycles. The third kappa shape index (κ3) is 12.5. The van der Waals surface area contributed by atoms with Crippen LogP contribution in [0.5, 0.6) is 0 Å². The summed E-state index contributed by atoms with van der Waals surface area (Å²) in [4.78, 5) is 44.2. The molecule has 2 fully saturated rings. The Morgan fingerprint density at radius 3 is 1.50 bits per heavy atom. The number of hydrogen-bond acceptors (Lipinski definition) is 9. The second-order valence-electron chi connectivity index (χ2n) is 17.6. The number of ether oxygens (including phenoxy) is 1. The summed E-state index contributed by atoms with van der Waals surface area (Å²) in [6.45, 7) is 11.9. The van der Waals surface area contributed by atoms with Crippen molar-refractivity contribution < 1.29 is 19.1 Å². The molecule has 0 radical (unpaired) electrons. The zero-order valence-electron chi connectivity index (χ0n) is 39.4. The molecule has 0 saturated carbocycles. The third-order valence-electron chi connectivity index (χ3n) is 11.6. The van der Waals surface area contributed by atoms with Gasteiger partial charge in [-0.2, -0.15) is 20.7 Å². The first-order chi connectivity index (χ1) is 32.6. The van der Waals surface area contributed by atoms with Crippen molar-refractivity contribution >= 4 is 41.1 Å². The van der Waals surface area contributed by atoms with Crippen molar-refractivity contribution in [2.24, 2.45) is 0 Å². The van der Waals surface area contributed by atoms with Crippen LogP contribution in [0.3, 0.4) is 0 Å². The predicted molar refractivity (Wildman–Crippen MR) is 265 cm³/mol. The summed E-state index contributed by atoms with van der Waals surface area (Å²) in [5.74, 6) is -0.237. The first kappa shape index (κ1) is 50.4. The average Bonchev–Trinajstić information content (AvgIpc) is 4.19. The van der Waals surface area contributed by atoms with Crippen LogP contribution in [0.25, 0.3) is 33.9 Å². The lowest BCUT2D eigenvalue weighted by Gasteiger charge is -2.28. The lowest BCUT2D eigenvalue weighted by atomic mass is 10.1. The number of carbonyl (C=O) groups excluding carboxylic acids is 3. The standard InChI is InChI=1S/C28H31N5O3.C23H23N5O.CH2Cl2/c1-19-6-12-22(13-7-19)33-25(21-10-8-20(17-29)9-11-21)16-24(30-33)26(34)32-15-14-23(18-32)31(5)27(35)36-28(2,3)4;1-16-3-9-20(10-4-16)28-22(18-7-5-17(14-24)6-8-18)13-21(26-28)23(29)27-12-11-19(15-27)25-2;2-1-3/h6-13,16,23H,14-15,18H2,1-5H3;3-10,13,19,25H,11-12,15H2,1-2H3;1H2/t23-;19-;/m00./s1. The molecule has 3 amide bonds. The topological polar surface area (TPSA) is 165 Å². The molecule has 68 heavy (non-hydrogen) atoms. The Hall–Kier alpha value is -6.97. The number of likely N-dealkylation sites (N-methyl/N-ethyl adjacent to an activating group) is 2. The predicted octanol–water partition coefficient (Wildman–Crippen LogP) is 9.38. The number of aryl methyl sites for hydroxylation is 2. The van der Waals surface area contributed by atoms with Crippen LogP contribution in [0.4, 0.5) is 4.79 Å². The maximum Gasteiger partial charge on any atom is 0.410 e. The Kier molecular flexibility index (Phi) is 16.8. The maximum absolute atomic E-state index is 13.5. The molecule has 2 aliphatic heterocycles. The molecule has 4 heterocycles. The SMILES string of the molecule is CN[C@H]1CCN(C(=O)c2cc(-c3ccc(C#N)cc3)n(-c3ccc(C)cc3)n2)C1.Cc1ccc(-n2nc(C(=O)N3CC[C@H](N(C)C(=O)OC(C)(C)C)C3)cc2-c2ccc(C#N)cc2)cc1.ClCCl. The van der Waals surface area contributed by atoms with Gasteiger partial charge in [0.05, 0.1) is 57.4 Å². The molecular formula is C52H56Cl2N10O4. The molecule has 0 spiro atoms. The van der Waals surface area contributed by atoms with Crippen LogP contribution < -0.4 is 5.32 Å². The summed E-state index contributed by atoms with van der Waals surface area (Å²) in [5, 5.41) is 31.0. The van der Waals surface area contributed by atoms with Gasteiger partial charge in [-0.3, -0.25) is 9.59 Å². The smallest absolute Gasteiger partial charge is 0.410 e. The van der Waals surface area contributed by atoms with Crippen LogP contribution >= 0.6 is 23.2 Å². The second kappa shape index (κ2) is 22.7. The van der Waals surface area contributed by atoms with Crippen LogP contribution in [0.2, 0.25) is 0 Å². The van der Waals surface area contributed by atoms with Crippen molar-refractivity contribution in [3.63, 3.8) is 0 Å². The van der Waals surface area contributed by atoms with E-state index >= 15 is 0 Å². The lowest BCUT2D eigenvalue weighted by molar-refractivity contribution is 0.0226. The fraction of sp³-hybridized carbons (Fsp3) is 0.327. The van der Waals surface area contributed by atoms with Crippen LogP contribution in [-0.4, -0.2) is 115 Å². The summed E-state index contributed by atoms with van der Waals surface area (Å²) in [5.41, 5.74) is 8.70. The van der Waals surface area contributed by atoms with Gasteiger partial charge >= 0.3 is 6.09 Å². The van der Waals surface area contributed by atoms with Gasteiger partial charge in [0.15, 0.2) is 11.4 Å². The van der Waals surface area contributed by atoms with E-state index in [1.807, 2.05) is 125 Å². The first-order valence-corrected chi connectivity index (χ1v) is 23.3. The molecule has 2 aliphatic rings. The zero-order valence-corrected chi connectivity index (χ0v) is 40.9. The highest BCUT2D eigenvalue weighted by molar-refractivity contribution is 6.40. The fourth-order valence-corrected chi connectivity index (χ4v) is 7.81. The summed E-state index contributed by atoms with van der Waals surface area (Å²) in [7, 11) is 3.63. The minimum absolute atomic E-state index is 0.0523. The summed E-state index contributed by atoms with van der Waals surface area (Å²) < 4.78 is 9.05. The Balaban J connectivity index is 0.000000216. The Labute approximate surface area is 408 Å². The number of likely N-dealkylation sites (tertiary alicyclic amines) is 2. The quantitative estimate of drug-likeness (QED) is 0.146. The number of hydrogen-bond donors (Lipinski definition) is 1. The van der Waals surface area contributed by atoms with Gasteiger partial charge in [-0.25, -0.2) is 14.2 Å². The molecule has 2 atom stereocenters. The van der Waals surface area contributed by atoms with Gasteiger partial charge in [-0.1, -0.05) is 59.7 Å². The molecule has 14 nitrogen and oxygen atoms in total. The molecule has 2 saturated heterocycles. The molecular weight excluding hydrogens is 900 g/mol. The van der Waals surface area contributed by atoms with E-state index in [1.165, 1.54) is 0 Å².